The molecule has 1 aromatic carbocycles. The number of primary amides is 1. The highest BCUT2D eigenvalue weighted by molar-refractivity contribution is 7.18. The van der Waals surface area contributed by atoms with E-state index in [-0.39, 0.29) is 33.0 Å². The third-order valence-electron chi connectivity index (χ3n) is 5.43. The lowest BCUT2D eigenvalue weighted by Crippen LogP contribution is -2.50. The van der Waals surface area contributed by atoms with Gasteiger partial charge in [-0.3, -0.25) is 14.4 Å². The number of hydrogen-bond acceptors (Lipinski definition) is 9. The van der Waals surface area contributed by atoms with Crippen molar-refractivity contribution < 1.29 is 36.5 Å². The van der Waals surface area contributed by atoms with E-state index in [1.165, 1.54) is 17.9 Å². The maximum absolute atomic E-state index is 13.9. The Morgan fingerprint density at radius 3 is 2.53 bits per heavy atom. The maximum Gasteiger partial charge on any atom is 0.273 e. The molecule has 1 aliphatic rings. The third kappa shape index (κ3) is 4.86. The molecule has 10 nitrogen and oxygen atoms in total. The summed E-state index contributed by atoms with van der Waals surface area (Å²) in [5.41, 5.74) is 11.0. The maximum atomic E-state index is 13.9. The van der Waals surface area contributed by atoms with Gasteiger partial charge in [0.1, 0.15) is 16.7 Å². The highest BCUT2D eigenvalue weighted by Crippen LogP contribution is 2.38. The summed E-state index contributed by atoms with van der Waals surface area (Å²) in [5, 5.41) is 5.83. The van der Waals surface area contributed by atoms with Crippen LogP contribution in [0.15, 0.2) is 28.8 Å². The van der Waals surface area contributed by atoms with Crippen molar-refractivity contribution >= 4 is 45.6 Å². The Morgan fingerprint density at radius 1 is 1.22 bits per heavy atom. The van der Waals surface area contributed by atoms with Crippen LogP contribution in [0, 0.1) is 11.6 Å². The quantitative estimate of drug-likeness (QED) is 0.299. The number of ketones is 1. The first-order valence-electron chi connectivity index (χ1n) is 10.4. The zero-order valence-corrected chi connectivity index (χ0v) is 19.2. The third-order valence-corrected chi connectivity index (χ3v) is 6.50. The Bertz CT molecular complexity index is 1350. The van der Waals surface area contributed by atoms with Gasteiger partial charge in [0.2, 0.25) is 17.5 Å². The molecule has 5 N–H and O–H groups in total. The molecule has 0 saturated heterocycles. The van der Waals surface area contributed by atoms with Crippen LogP contribution in [0.1, 0.15) is 45.7 Å². The second-order valence-electron chi connectivity index (χ2n) is 8.10. The Hall–Kier alpha value is -4.01. The number of benzene rings is 1. The van der Waals surface area contributed by atoms with Gasteiger partial charge in [-0.05, 0) is 19.1 Å². The van der Waals surface area contributed by atoms with Crippen molar-refractivity contribution in [3.63, 3.8) is 0 Å². The van der Waals surface area contributed by atoms with Crippen molar-refractivity contribution in [3.8, 4) is 0 Å². The second-order valence-corrected chi connectivity index (χ2v) is 9.08. The van der Waals surface area contributed by atoms with Gasteiger partial charge >= 0.3 is 0 Å². The highest BCUT2D eigenvalue weighted by Gasteiger charge is 2.46. The van der Waals surface area contributed by atoms with E-state index in [1.807, 2.05) is 0 Å². The van der Waals surface area contributed by atoms with E-state index in [9.17, 15) is 31.9 Å². The first-order chi connectivity index (χ1) is 16.9. The molecule has 0 aliphatic heterocycles. The number of nitrogens with zero attached hydrogens (tertiary/aromatic N) is 3. The number of hydrogen-bond donors (Lipinski definition) is 3. The van der Waals surface area contributed by atoms with Gasteiger partial charge in [-0.25, -0.2) is 22.5 Å². The minimum Gasteiger partial charge on any atom is -0.382 e. The summed E-state index contributed by atoms with van der Waals surface area (Å²) in [6.45, 7) is 1.39. The number of nitrogen functional groups attached to an aromatic ring is 1. The SMILES string of the molecule is C[C@H](C(N)=O)N(c1ccc(F)c(F)c1)c1nc(N)c(C(=O)c2cc(C(=O)NC3CC(F)(F)C3)no2)s1. The Kier molecular flexibility index (Phi) is 6.43. The molecule has 0 unspecified atom stereocenters. The molecule has 36 heavy (non-hydrogen) atoms. The lowest BCUT2D eigenvalue weighted by atomic mass is 9.88. The van der Waals surface area contributed by atoms with E-state index < -0.39 is 60.1 Å². The standard InChI is InChI=1S/C21H18F4N6O4S/c1-8(18(27)33)31(10-2-3-11(22)12(23)4-10)20-29-17(26)16(36-20)15(32)14-5-13(30-35-14)19(34)28-9-6-21(24,25)7-9/h2-5,8-9H,6-7,26H2,1H3,(H2,27,33)(H,28,34)/t8-/m1/s1. The fourth-order valence-corrected chi connectivity index (χ4v) is 4.50. The lowest BCUT2D eigenvalue weighted by Gasteiger charge is -2.34. The number of anilines is 3. The zero-order valence-electron chi connectivity index (χ0n) is 18.4. The van der Waals surface area contributed by atoms with Crippen LogP contribution >= 0.6 is 11.3 Å². The number of aromatic nitrogens is 2. The molecule has 2 amide bonds. The van der Waals surface area contributed by atoms with Crippen LogP contribution in [0.3, 0.4) is 0 Å². The van der Waals surface area contributed by atoms with Gasteiger partial charge in [0.05, 0.1) is 0 Å². The van der Waals surface area contributed by atoms with Crippen LogP contribution in [-0.2, 0) is 4.79 Å². The molecule has 15 heteroatoms. The largest absolute Gasteiger partial charge is 0.382 e. The van der Waals surface area contributed by atoms with Crippen molar-refractivity contribution in [1.82, 2.24) is 15.5 Å². The first kappa shape index (κ1) is 25.1. The van der Waals surface area contributed by atoms with Crippen molar-refractivity contribution in [2.75, 3.05) is 10.6 Å². The van der Waals surface area contributed by atoms with Crippen LogP contribution in [0.2, 0.25) is 0 Å². The normalized spacial score (nSPS) is 15.7. The number of nitrogens with two attached hydrogens (primary N) is 2. The smallest absolute Gasteiger partial charge is 0.273 e. The molecule has 1 fully saturated rings. The topological polar surface area (TPSA) is 157 Å². The van der Waals surface area contributed by atoms with Gasteiger partial charge in [0, 0.05) is 36.7 Å². The van der Waals surface area contributed by atoms with Crippen LogP contribution in [0.4, 0.5) is 34.2 Å². The molecule has 0 radical (unpaired) electrons. The zero-order chi connectivity index (χ0) is 26.4. The predicted octanol–water partition coefficient (Wildman–Crippen LogP) is 2.76. The van der Waals surface area contributed by atoms with Crippen LogP contribution < -0.4 is 21.7 Å². The number of amides is 2. The van der Waals surface area contributed by atoms with E-state index in [1.54, 1.807) is 0 Å². The molecule has 3 aromatic rings. The molecule has 1 atom stereocenters. The highest BCUT2D eigenvalue weighted by atomic mass is 32.1. The summed E-state index contributed by atoms with van der Waals surface area (Å²) in [6.07, 6.45) is -0.999. The average Bonchev–Trinajstić information content (AvgIpc) is 3.42. The minimum atomic E-state index is -2.83. The average molecular weight is 526 g/mol. The van der Waals surface area contributed by atoms with Gasteiger partial charge in [0.25, 0.3) is 11.8 Å². The molecule has 1 saturated carbocycles. The van der Waals surface area contributed by atoms with Crippen LogP contribution in [-0.4, -0.2) is 45.7 Å². The summed E-state index contributed by atoms with van der Waals surface area (Å²) >= 11 is 0.707. The number of halogens is 4. The first-order valence-corrected chi connectivity index (χ1v) is 11.2. The Morgan fingerprint density at radius 2 is 1.92 bits per heavy atom. The molecular weight excluding hydrogens is 508 g/mol. The Balaban J connectivity index is 1.58. The summed E-state index contributed by atoms with van der Waals surface area (Å²) in [4.78, 5) is 42.1. The van der Waals surface area contributed by atoms with Gasteiger partial charge in [-0.1, -0.05) is 16.5 Å². The molecule has 2 heterocycles. The predicted molar refractivity (Wildman–Crippen MR) is 119 cm³/mol. The summed E-state index contributed by atoms with van der Waals surface area (Å²) in [7, 11) is 0. The number of nitrogens with one attached hydrogen (secondary N) is 1. The number of carbonyl (C=O) groups is 3. The molecule has 4 rings (SSSR count). The fourth-order valence-electron chi connectivity index (χ4n) is 3.47. The molecular formula is C21H18F4N6O4S. The molecule has 0 spiro atoms. The summed E-state index contributed by atoms with van der Waals surface area (Å²) in [6, 6.07) is 2.07. The molecule has 1 aliphatic carbocycles. The second kappa shape index (κ2) is 9.22. The van der Waals surface area contributed by atoms with Crippen molar-refractivity contribution in [1.29, 1.82) is 0 Å². The molecule has 190 valence electrons. The van der Waals surface area contributed by atoms with E-state index in [4.69, 9.17) is 16.0 Å². The number of alkyl halides is 2. The lowest BCUT2D eigenvalue weighted by molar-refractivity contribution is -0.118. The van der Waals surface area contributed by atoms with E-state index in [2.05, 4.69) is 15.5 Å². The minimum absolute atomic E-state index is 0.0214. The molecule has 2 aromatic heterocycles. The van der Waals surface area contributed by atoms with Gasteiger partial charge in [0.15, 0.2) is 22.5 Å². The van der Waals surface area contributed by atoms with Crippen LogP contribution in [0.5, 0.6) is 0 Å². The van der Waals surface area contributed by atoms with Gasteiger partial charge in [-0.2, -0.15) is 0 Å². The van der Waals surface area contributed by atoms with E-state index in [0.29, 0.717) is 11.3 Å². The monoisotopic (exact) mass is 526 g/mol. The van der Waals surface area contributed by atoms with Crippen molar-refractivity contribution in [2.24, 2.45) is 5.73 Å². The Labute approximate surface area is 204 Å². The summed E-state index contributed by atoms with van der Waals surface area (Å²) < 4.78 is 58.2. The number of thiazole rings is 1. The van der Waals surface area contributed by atoms with Gasteiger partial charge < -0.3 is 26.2 Å². The van der Waals surface area contributed by atoms with Gasteiger partial charge in [-0.15, -0.1) is 0 Å². The fraction of sp³-hybridized carbons (Fsp3) is 0.286. The number of rotatable bonds is 8. The molecule has 0 bridgehead atoms. The van der Waals surface area contributed by atoms with Crippen molar-refractivity contribution in [2.45, 2.75) is 37.8 Å². The van der Waals surface area contributed by atoms with E-state index in [0.717, 1.165) is 18.2 Å². The number of carbonyl (C=O) groups excluding carboxylic acids is 3. The summed E-state index contributed by atoms with van der Waals surface area (Å²) in [5.74, 6) is -8.22. The van der Waals surface area contributed by atoms with Crippen LogP contribution in [0.25, 0.3) is 0 Å². The van der Waals surface area contributed by atoms with Crippen molar-refractivity contribution in [3.05, 3.63) is 52.2 Å². The van der Waals surface area contributed by atoms with E-state index >= 15 is 0 Å².